The highest BCUT2D eigenvalue weighted by Gasteiger charge is 2.23. The first kappa shape index (κ1) is 18.3. The lowest BCUT2D eigenvalue weighted by molar-refractivity contribution is 0.0736. The molecule has 0 bridgehead atoms. The number of rotatable bonds is 6. The molecular formula is C18H24N6OS. The predicted octanol–water partition coefficient (Wildman–Crippen LogP) is 3.38. The summed E-state index contributed by atoms with van der Waals surface area (Å²) in [7, 11) is 1.78. The largest absolute Gasteiger partial charge is 0.331 e. The number of amides is 1. The Morgan fingerprint density at radius 2 is 2.15 bits per heavy atom. The molecule has 1 amide bonds. The fourth-order valence-electron chi connectivity index (χ4n) is 2.78. The molecular weight excluding hydrogens is 348 g/mol. The number of nitrogens with one attached hydrogen (secondary N) is 1. The molecule has 0 aromatic carbocycles. The molecule has 0 saturated carbocycles. The van der Waals surface area contributed by atoms with Crippen molar-refractivity contribution in [3.05, 3.63) is 51.8 Å². The van der Waals surface area contributed by atoms with Crippen molar-refractivity contribution < 1.29 is 4.79 Å². The van der Waals surface area contributed by atoms with Crippen LogP contribution < -0.4 is 0 Å². The Bertz CT molecular complexity index is 893. The van der Waals surface area contributed by atoms with Crippen molar-refractivity contribution in [3.63, 3.8) is 0 Å². The number of aromatic amines is 1. The Balaban J connectivity index is 1.72. The van der Waals surface area contributed by atoms with Gasteiger partial charge in [0.1, 0.15) is 16.5 Å². The number of hydrogen-bond donors (Lipinski definition) is 1. The van der Waals surface area contributed by atoms with Gasteiger partial charge in [-0.25, -0.2) is 9.97 Å². The zero-order chi connectivity index (χ0) is 18.8. The minimum absolute atomic E-state index is 0.0949. The van der Waals surface area contributed by atoms with E-state index >= 15 is 0 Å². The van der Waals surface area contributed by atoms with Crippen molar-refractivity contribution in [2.24, 2.45) is 0 Å². The average Bonchev–Trinajstić information content (AvgIpc) is 3.34. The number of nitrogens with zero attached hydrogens (tertiary/aromatic N) is 5. The molecule has 138 valence electrons. The van der Waals surface area contributed by atoms with E-state index in [4.69, 9.17) is 0 Å². The second-order valence-electron chi connectivity index (χ2n) is 6.77. The topological polar surface area (TPSA) is 79.7 Å². The first-order valence-corrected chi connectivity index (χ1v) is 9.49. The molecule has 26 heavy (non-hydrogen) atoms. The molecule has 0 unspecified atom stereocenters. The van der Waals surface area contributed by atoms with Crippen LogP contribution in [0.2, 0.25) is 0 Å². The summed E-state index contributed by atoms with van der Waals surface area (Å²) in [6, 6.07) is 1.71. The number of imidazole rings is 1. The summed E-state index contributed by atoms with van der Waals surface area (Å²) >= 11 is 1.57. The summed E-state index contributed by atoms with van der Waals surface area (Å²) in [6.45, 7) is 8.76. The van der Waals surface area contributed by atoms with E-state index in [0.29, 0.717) is 18.2 Å². The van der Waals surface area contributed by atoms with Crippen molar-refractivity contribution in [1.29, 1.82) is 0 Å². The lowest BCUT2D eigenvalue weighted by Gasteiger charge is -2.22. The number of carbonyl (C=O) groups excluding carboxylic acids is 1. The molecule has 3 heterocycles. The summed E-state index contributed by atoms with van der Waals surface area (Å²) in [5.41, 5.74) is 2.26. The predicted molar refractivity (Wildman–Crippen MR) is 101 cm³/mol. The molecule has 3 aromatic rings. The summed E-state index contributed by atoms with van der Waals surface area (Å²) in [6.07, 6.45) is 3.74. The molecule has 8 heteroatoms. The molecule has 7 nitrogen and oxygen atoms in total. The highest BCUT2D eigenvalue weighted by molar-refractivity contribution is 7.09. The molecule has 3 rings (SSSR count). The van der Waals surface area contributed by atoms with E-state index in [9.17, 15) is 4.79 Å². The van der Waals surface area contributed by atoms with Gasteiger partial charge < -0.3 is 9.47 Å². The van der Waals surface area contributed by atoms with Crippen molar-refractivity contribution in [2.45, 2.75) is 46.2 Å². The van der Waals surface area contributed by atoms with Gasteiger partial charge in [0.05, 0.1) is 18.3 Å². The Labute approximate surface area is 157 Å². The Morgan fingerprint density at radius 3 is 2.81 bits per heavy atom. The van der Waals surface area contributed by atoms with Crippen LogP contribution in [0.4, 0.5) is 0 Å². The van der Waals surface area contributed by atoms with Gasteiger partial charge in [0.15, 0.2) is 0 Å². The van der Waals surface area contributed by atoms with E-state index < -0.39 is 0 Å². The maximum Gasteiger partial charge on any atom is 0.274 e. The van der Waals surface area contributed by atoms with Crippen molar-refractivity contribution in [3.8, 4) is 0 Å². The Hall–Kier alpha value is -2.48. The zero-order valence-electron chi connectivity index (χ0n) is 15.7. The van der Waals surface area contributed by atoms with Crippen LogP contribution in [0.15, 0.2) is 23.8 Å². The lowest BCUT2D eigenvalue weighted by Crippen LogP contribution is -2.29. The summed E-state index contributed by atoms with van der Waals surface area (Å²) in [4.78, 5) is 23.3. The molecule has 0 aliphatic rings. The molecule has 0 fully saturated rings. The normalized spacial score (nSPS) is 12.5. The third-order valence-corrected chi connectivity index (χ3v) is 5.48. The minimum Gasteiger partial charge on any atom is -0.331 e. The zero-order valence-corrected chi connectivity index (χ0v) is 16.5. The Kier molecular flexibility index (Phi) is 5.22. The molecule has 3 aromatic heterocycles. The van der Waals surface area contributed by atoms with E-state index in [1.165, 1.54) is 0 Å². The van der Waals surface area contributed by atoms with E-state index in [-0.39, 0.29) is 11.9 Å². The number of carbonyl (C=O) groups is 1. The van der Waals surface area contributed by atoms with Gasteiger partial charge >= 0.3 is 0 Å². The van der Waals surface area contributed by atoms with Crippen LogP contribution in [0, 0.1) is 6.92 Å². The van der Waals surface area contributed by atoms with Gasteiger partial charge in [0.2, 0.25) is 0 Å². The fourth-order valence-corrected chi connectivity index (χ4v) is 3.67. The molecule has 0 saturated heterocycles. The standard InChI is InChI=1S/C18H24N6OS/c1-11(2)16-19-6-7-24(16)9-14-8-15(22-21-14)18(25)23(5)13(4)17-20-12(3)10-26-17/h6-8,10-11,13H,9H2,1-5H3,(H,21,22)/t13-/m0/s1. The van der Waals surface area contributed by atoms with Gasteiger partial charge in [-0.1, -0.05) is 13.8 Å². The third-order valence-electron chi connectivity index (χ3n) is 4.35. The highest BCUT2D eigenvalue weighted by atomic mass is 32.1. The Morgan fingerprint density at radius 1 is 1.38 bits per heavy atom. The van der Waals surface area contributed by atoms with E-state index in [2.05, 4.69) is 38.6 Å². The lowest BCUT2D eigenvalue weighted by atomic mass is 10.2. The first-order valence-electron chi connectivity index (χ1n) is 8.61. The maximum atomic E-state index is 12.8. The van der Waals surface area contributed by atoms with Crippen LogP contribution in [0.5, 0.6) is 0 Å². The number of aromatic nitrogens is 5. The van der Waals surface area contributed by atoms with Gasteiger partial charge in [0.25, 0.3) is 5.91 Å². The quantitative estimate of drug-likeness (QED) is 0.719. The van der Waals surface area contributed by atoms with Crippen molar-refractivity contribution >= 4 is 17.2 Å². The second kappa shape index (κ2) is 7.41. The first-order chi connectivity index (χ1) is 12.4. The van der Waals surface area contributed by atoms with E-state index in [0.717, 1.165) is 22.2 Å². The van der Waals surface area contributed by atoms with Crippen LogP contribution in [-0.4, -0.2) is 42.6 Å². The van der Waals surface area contributed by atoms with E-state index in [1.54, 1.807) is 29.5 Å². The third kappa shape index (κ3) is 3.70. The van der Waals surface area contributed by atoms with Crippen LogP contribution in [0.3, 0.4) is 0 Å². The molecule has 1 N–H and O–H groups in total. The molecule has 0 aliphatic heterocycles. The van der Waals surface area contributed by atoms with E-state index in [1.807, 2.05) is 31.5 Å². The molecule has 1 atom stereocenters. The average molecular weight is 372 g/mol. The SMILES string of the molecule is Cc1csc([C@H](C)N(C)C(=O)c2cc(Cn3ccnc3C(C)C)[nH]n2)n1. The monoisotopic (exact) mass is 372 g/mol. The van der Waals surface area contributed by atoms with Crippen molar-refractivity contribution in [1.82, 2.24) is 29.6 Å². The molecule has 0 spiro atoms. The fraction of sp³-hybridized carbons (Fsp3) is 0.444. The van der Waals surface area contributed by atoms with Gasteiger partial charge in [-0.3, -0.25) is 9.89 Å². The van der Waals surface area contributed by atoms with Crippen LogP contribution in [0.25, 0.3) is 0 Å². The number of H-pyrrole nitrogens is 1. The number of hydrogen-bond acceptors (Lipinski definition) is 5. The minimum atomic E-state index is -0.123. The number of aryl methyl sites for hydroxylation is 1. The molecule has 0 radical (unpaired) electrons. The highest BCUT2D eigenvalue weighted by Crippen LogP contribution is 2.24. The summed E-state index contributed by atoms with van der Waals surface area (Å²) < 4.78 is 2.07. The van der Waals surface area contributed by atoms with Gasteiger partial charge in [0, 0.05) is 36.4 Å². The van der Waals surface area contributed by atoms with Crippen LogP contribution in [0.1, 0.15) is 65.4 Å². The molecule has 0 aliphatic carbocycles. The second-order valence-corrected chi connectivity index (χ2v) is 7.66. The smallest absolute Gasteiger partial charge is 0.274 e. The summed E-state index contributed by atoms with van der Waals surface area (Å²) in [5, 5.41) is 10.1. The number of thiazole rings is 1. The van der Waals surface area contributed by atoms with Gasteiger partial charge in [-0.2, -0.15) is 5.10 Å². The van der Waals surface area contributed by atoms with Crippen LogP contribution in [-0.2, 0) is 6.54 Å². The maximum absolute atomic E-state index is 12.8. The van der Waals surface area contributed by atoms with Gasteiger partial charge in [-0.15, -0.1) is 11.3 Å². The van der Waals surface area contributed by atoms with Crippen molar-refractivity contribution in [2.75, 3.05) is 7.05 Å². The summed E-state index contributed by atoms with van der Waals surface area (Å²) in [5.74, 6) is 1.22. The van der Waals surface area contributed by atoms with Gasteiger partial charge in [-0.05, 0) is 19.9 Å². The van der Waals surface area contributed by atoms with Crippen LogP contribution >= 0.6 is 11.3 Å².